The molecule has 1 fully saturated rings. The van der Waals surface area contributed by atoms with Crippen molar-refractivity contribution in [1.29, 1.82) is 0 Å². The van der Waals surface area contributed by atoms with Gasteiger partial charge in [-0.2, -0.15) is 0 Å². The number of halogens is 1. The summed E-state index contributed by atoms with van der Waals surface area (Å²) in [6.07, 6.45) is 4.78. The Bertz CT molecular complexity index is 436. The number of anilines is 1. The molecule has 0 saturated heterocycles. The average Bonchev–Trinajstić information content (AvgIpc) is 3.11. The van der Waals surface area contributed by atoms with Gasteiger partial charge in [-0.3, -0.25) is 15.1 Å². The van der Waals surface area contributed by atoms with Crippen LogP contribution in [0.5, 0.6) is 0 Å². The lowest BCUT2D eigenvalue weighted by atomic mass is 10.1. The van der Waals surface area contributed by atoms with Gasteiger partial charge in [0.05, 0.1) is 9.95 Å². The molecule has 6 nitrogen and oxygen atoms in total. The van der Waals surface area contributed by atoms with Gasteiger partial charge in [-0.1, -0.05) is 11.6 Å². The first-order valence-electron chi connectivity index (χ1n) is 5.38. The van der Waals surface area contributed by atoms with E-state index in [0.717, 1.165) is 12.8 Å². The number of pyridine rings is 1. The van der Waals surface area contributed by atoms with Crippen molar-refractivity contribution in [1.82, 2.24) is 4.98 Å². The predicted octanol–water partition coefficient (Wildman–Crippen LogP) is 1.79. The molecule has 1 aromatic rings. The monoisotopic (exact) mass is 256 g/mol. The van der Waals surface area contributed by atoms with Crippen LogP contribution in [0.3, 0.4) is 0 Å². The molecule has 0 radical (unpaired) electrons. The normalized spacial score (nSPS) is 16.6. The molecule has 1 heterocycles. The molecule has 2 rings (SSSR count). The van der Waals surface area contributed by atoms with Crippen LogP contribution in [-0.2, 0) is 0 Å². The number of nitrogens with zero attached hydrogens (tertiary/aromatic N) is 2. The average molecular weight is 257 g/mol. The van der Waals surface area contributed by atoms with Crippen molar-refractivity contribution in [3.8, 4) is 0 Å². The van der Waals surface area contributed by atoms with Crippen LogP contribution in [0.25, 0.3) is 0 Å². The Balaban J connectivity index is 2.26. The Hall–Kier alpha value is -1.40. The number of nitrogens with two attached hydrogens (primary N) is 1. The van der Waals surface area contributed by atoms with E-state index in [1.165, 1.54) is 12.4 Å². The topological polar surface area (TPSA) is 94.1 Å². The van der Waals surface area contributed by atoms with Gasteiger partial charge in [-0.05, 0) is 18.8 Å². The van der Waals surface area contributed by atoms with Gasteiger partial charge in [0.25, 0.3) is 0 Å². The number of rotatable bonds is 5. The standard InChI is InChI=1S/C10H13ClN4O2/c11-7-4-13-5-9(15(16)17)10(7)14-8(3-12)6-1-2-6/h4-6,8H,1-3,12H2,(H,13,14). The van der Waals surface area contributed by atoms with Crippen molar-refractivity contribution in [3.63, 3.8) is 0 Å². The maximum Gasteiger partial charge on any atom is 0.311 e. The van der Waals surface area contributed by atoms with Crippen molar-refractivity contribution in [2.75, 3.05) is 11.9 Å². The minimum Gasteiger partial charge on any atom is -0.374 e. The maximum atomic E-state index is 10.9. The zero-order chi connectivity index (χ0) is 12.4. The maximum absolute atomic E-state index is 10.9. The second-order valence-electron chi connectivity index (χ2n) is 4.10. The van der Waals surface area contributed by atoms with E-state index in [-0.39, 0.29) is 16.8 Å². The highest BCUT2D eigenvalue weighted by molar-refractivity contribution is 6.33. The van der Waals surface area contributed by atoms with E-state index in [1.807, 2.05) is 0 Å². The molecule has 0 bridgehead atoms. The first-order valence-corrected chi connectivity index (χ1v) is 5.75. The van der Waals surface area contributed by atoms with Gasteiger partial charge in [-0.15, -0.1) is 0 Å². The van der Waals surface area contributed by atoms with Gasteiger partial charge in [-0.25, -0.2) is 0 Å². The highest BCUT2D eigenvalue weighted by Crippen LogP contribution is 2.37. The number of aromatic nitrogens is 1. The largest absolute Gasteiger partial charge is 0.374 e. The zero-order valence-electron chi connectivity index (χ0n) is 9.10. The minimum absolute atomic E-state index is 0.0357. The van der Waals surface area contributed by atoms with Crippen LogP contribution in [0.1, 0.15) is 12.8 Å². The Kier molecular flexibility index (Phi) is 3.44. The van der Waals surface area contributed by atoms with E-state index in [1.54, 1.807) is 0 Å². The van der Waals surface area contributed by atoms with Crippen LogP contribution in [0.15, 0.2) is 12.4 Å². The van der Waals surface area contributed by atoms with Crippen molar-refractivity contribution < 1.29 is 4.92 Å². The van der Waals surface area contributed by atoms with Crippen LogP contribution in [0, 0.1) is 16.0 Å². The summed E-state index contributed by atoms with van der Waals surface area (Å²) in [7, 11) is 0. The van der Waals surface area contributed by atoms with E-state index >= 15 is 0 Å². The molecule has 1 aliphatic rings. The molecule has 17 heavy (non-hydrogen) atoms. The summed E-state index contributed by atoms with van der Waals surface area (Å²) in [5.41, 5.74) is 5.85. The van der Waals surface area contributed by atoms with E-state index in [9.17, 15) is 10.1 Å². The molecular formula is C10H13ClN4O2. The lowest BCUT2D eigenvalue weighted by Gasteiger charge is -2.17. The number of nitro groups is 1. The SMILES string of the molecule is NCC(Nc1c(Cl)cncc1[N+](=O)[O-])C1CC1. The predicted molar refractivity (Wildman–Crippen MR) is 65.1 cm³/mol. The first-order chi connectivity index (χ1) is 8.13. The van der Waals surface area contributed by atoms with Crippen LogP contribution in [0.4, 0.5) is 11.4 Å². The Labute approximate surface area is 103 Å². The fourth-order valence-corrected chi connectivity index (χ4v) is 1.97. The molecule has 0 aliphatic heterocycles. The van der Waals surface area contributed by atoms with Crippen molar-refractivity contribution in [3.05, 3.63) is 27.5 Å². The smallest absolute Gasteiger partial charge is 0.311 e. The van der Waals surface area contributed by atoms with E-state index < -0.39 is 4.92 Å². The third kappa shape index (κ3) is 2.65. The third-order valence-corrected chi connectivity index (χ3v) is 3.14. The summed E-state index contributed by atoms with van der Waals surface area (Å²) in [6.45, 7) is 0.431. The Morgan fingerprint density at radius 2 is 2.35 bits per heavy atom. The van der Waals surface area contributed by atoms with Gasteiger partial charge < -0.3 is 11.1 Å². The molecule has 0 aromatic carbocycles. The molecule has 0 amide bonds. The second-order valence-corrected chi connectivity index (χ2v) is 4.50. The highest BCUT2D eigenvalue weighted by atomic mass is 35.5. The van der Waals surface area contributed by atoms with Crippen LogP contribution in [0.2, 0.25) is 5.02 Å². The molecule has 7 heteroatoms. The summed E-state index contributed by atoms with van der Waals surface area (Å²) in [5, 5.41) is 14.2. The summed E-state index contributed by atoms with van der Waals surface area (Å²) in [6, 6.07) is 0.0357. The first kappa shape index (κ1) is 12.1. The lowest BCUT2D eigenvalue weighted by Crippen LogP contribution is -2.31. The summed E-state index contributed by atoms with van der Waals surface area (Å²) in [5.74, 6) is 0.490. The molecular weight excluding hydrogens is 244 g/mol. The molecule has 1 atom stereocenters. The van der Waals surface area contributed by atoms with E-state index in [2.05, 4.69) is 10.3 Å². The van der Waals surface area contributed by atoms with Crippen molar-refractivity contribution in [2.24, 2.45) is 11.7 Å². The molecule has 3 N–H and O–H groups in total. The van der Waals surface area contributed by atoms with Gasteiger partial charge in [0, 0.05) is 18.8 Å². The molecule has 1 aromatic heterocycles. The van der Waals surface area contributed by atoms with Gasteiger partial charge in [0.2, 0.25) is 0 Å². The number of hydrogen-bond donors (Lipinski definition) is 2. The van der Waals surface area contributed by atoms with Crippen LogP contribution in [-0.4, -0.2) is 22.5 Å². The number of hydrogen-bond acceptors (Lipinski definition) is 5. The lowest BCUT2D eigenvalue weighted by molar-refractivity contribution is -0.384. The van der Waals surface area contributed by atoms with Gasteiger partial charge in [0.1, 0.15) is 11.9 Å². The van der Waals surface area contributed by atoms with Crippen molar-refractivity contribution >= 4 is 23.0 Å². The molecule has 1 unspecified atom stereocenters. The zero-order valence-corrected chi connectivity index (χ0v) is 9.85. The quantitative estimate of drug-likeness (QED) is 0.619. The van der Waals surface area contributed by atoms with Crippen LogP contribution < -0.4 is 11.1 Å². The van der Waals surface area contributed by atoms with E-state index in [0.29, 0.717) is 18.2 Å². The van der Waals surface area contributed by atoms with E-state index in [4.69, 9.17) is 17.3 Å². The van der Waals surface area contributed by atoms with Crippen LogP contribution >= 0.6 is 11.6 Å². The second kappa shape index (κ2) is 4.85. The Morgan fingerprint density at radius 1 is 1.65 bits per heavy atom. The summed E-state index contributed by atoms with van der Waals surface area (Å²) < 4.78 is 0. The molecule has 1 aliphatic carbocycles. The Morgan fingerprint density at radius 3 is 2.88 bits per heavy atom. The van der Waals surface area contributed by atoms with Gasteiger partial charge >= 0.3 is 5.69 Å². The molecule has 92 valence electrons. The summed E-state index contributed by atoms with van der Waals surface area (Å²) >= 11 is 5.93. The van der Waals surface area contributed by atoms with Gasteiger partial charge in [0.15, 0.2) is 0 Å². The van der Waals surface area contributed by atoms with Crippen molar-refractivity contribution in [2.45, 2.75) is 18.9 Å². The summed E-state index contributed by atoms with van der Waals surface area (Å²) in [4.78, 5) is 14.1. The fraction of sp³-hybridized carbons (Fsp3) is 0.500. The molecule has 1 saturated carbocycles. The highest BCUT2D eigenvalue weighted by Gasteiger charge is 2.32. The molecule has 0 spiro atoms. The minimum atomic E-state index is -0.498. The fourth-order valence-electron chi connectivity index (χ4n) is 1.76. The third-order valence-electron chi connectivity index (χ3n) is 2.85. The number of nitrogens with one attached hydrogen (secondary N) is 1.